The van der Waals surface area contributed by atoms with Gasteiger partial charge in [-0.15, -0.1) is 0 Å². The van der Waals surface area contributed by atoms with E-state index in [1.165, 1.54) is 13.2 Å². The third-order valence-electron chi connectivity index (χ3n) is 4.08. The van der Waals surface area contributed by atoms with Crippen molar-refractivity contribution in [2.45, 2.75) is 19.1 Å². The highest BCUT2D eigenvalue weighted by atomic mass is 16.6. The number of anilines is 1. The number of hydrogen-bond acceptors (Lipinski definition) is 6. The van der Waals surface area contributed by atoms with Gasteiger partial charge in [0.1, 0.15) is 18.5 Å². The van der Waals surface area contributed by atoms with E-state index in [1.54, 1.807) is 36.4 Å². The molecule has 160 valence electrons. The quantitative estimate of drug-likeness (QED) is 0.510. The molecule has 2 aromatic rings. The van der Waals surface area contributed by atoms with Crippen molar-refractivity contribution < 1.29 is 34.0 Å². The number of amides is 1. The average Bonchev–Trinajstić information content (AvgIpc) is 2.73. The van der Waals surface area contributed by atoms with Crippen molar-refractivity contribution in [2.75, 3.05) is 25.6 Å². The maximum Gasteiger partial charge on any atom is 0.412 e. The van der Waals surface area contributed by atoms with Gasteiger partial charge < -0.3 is 24.4 Å². The molecule has 3 N–H and O–H groups in total. The second-order valence-electron chi connectivity index (χ2n) is 6.36. The van der Waals surface area contributed by atoms with Crippen LogP contribution in [0.25, 0.3) is 0 Å². The van der Waals surface area contributed by atoms with Crippen LogP contribution in [0, 0.1) is 6.92 Å². The van der Waals surface area contributed by atoms with Gasteiger partial charge in [0.25, 0.3) is 0 Å². The Morgan fingerprint density at radius 3 is 2.53 bits per heavy atom. The minimum absolute atomic E-state index is 0.107. The van der Waals surface area contributed by atoms with Crippen molar-refractivity contribution in [1.82, 2.24) is 0 Å². The van der Waals surface area contributed by atoms with Gasteiger partial charge in [-0.2, -0.15) is 0 Å². The fourth-order valence-electron chi connectivity index (χ4n) is 2.65. The first-order chi connectivity index (χ1) is 14.4. The number of aliphatic hydroxyl groups excluding tert-OH is 1. The molecule has 0 unspecified atom stereocenters. The molecule has 0 fully saturated rings. The summed E-state index contributed by atoms with van der Waals surface area (Å²) in [5.74, 6) is -0.689. The molecule has 1 amide bonds. The Morgan fingerprint density at radius 1 is 1.17 bits per heavy atom. The summed E-state index contributed by atoms with van der Waals surface area (Å²) in [5.41, 5.74) is 2.13. The molecule has 0 radical (unpaired) electrons. The molecule has 0 heterocycles. The van der Waals surface area contributed by atoms with Crippen molar-refractivity contribution >= 4 is 17.7 Å². The zero-order chi connectivity index (χ0) is 21.9. The maximum atomic E-state index is 12.5. The number of ether oxygens (including phenoxy) is 3. The maximum absolute atomic E-state index is 12.5. The Morgan fingerprint density at radius 2 is 1.90 bits per heavy atom. The fourth-order valence-corrected chi connectivity index (χ4v) is 2.65. The topological polar surface area (TPSA) is 114 Å². The van der Waals surface area contributed by atoms with Gasteiger partial charge in [-0.3, -0.25) is 5.32 Å². The highest BCUT2D eigenvalue weighted by Crippen LogP contribution is 2.28. The first kappa shape index (κ1) is 22.9. The number of hydrogen-bond donors (Lipinski definition) is 3. The van der Waals surface area contributed by atoms with Gasteiger partial charge in [0.15, 0.2) is 6.10 Å². The molecule has 0 aliphatic heterocycles. The van der Waals surface area contributed by atoms with Crippen molar-refractivity contribution in [2.24, 2.45) is 0 Å². The lowest BCUT2D eigenvalue weighted by atomic mass is 10.0. The van der Waals surface area contributed by atoms with E-state index in [9.17, 15) is 9.59 Å². The molecule has 0 aliphatic rings. The number of aliphatic carboxylic acids is 1. The van der Waals surface area contributed by atoms with Gasteiger partial charge in [0.2, 0.25) is 0 Å². The Balaban J connectivity index is 2.27. The number of benzene rings is 2. The van der Waals surface area contributed by atoms with Gasteiger partial charge >= 0.3 is 12.1 Å². The van der Waals surface area contributed by atoms with E-state index >= 15 is 0 Å². The predicted molar refractivity (Wildman–Crippen MR) is 111 cm³/mol. The molecule has 0 saturated carbocycles. The van der Waals surface area contributed by atoms with Crippen LogP contribution in [0.1, 0.15) is 17.2 Å². The van der Waals surface area contributed by atoms with Crippen LogP contribution in [-0.2, 0) is 14.3 Å². The molecule has 30 heavy (non-hydrogen) atoms. The molecular weight excluding hydrogens is 390 g/mol. The summed E-state index contributed by atoms with van der Waals surface area (Å²) in [5, 5.41) is 20.5. The number of carbonyl (C=O) groups excluding carboxylic acids is 1. The van der Waals surface area contributed by atoms with Crippen molar-refractivity contribution in [3.63, 3.8) is 0 Å². The monoisotopic (exact) mass is 415 g/mol. The summed E-state index contributed by atoms with van der Waals surface area (Å²) < 4.78 is 16.4. The third-order valence-corrected chi connectivity index (χ3v) is 4.08. The van der Waals surface area contributed by atoms with Crippen molar-refractivity contribution in [3.05, 3.63) is 71.8 Å². The number of carboxylic acid groups (broad SMARTS) is 1. The Hall–Kier alpha value is -3.36. The first-order valence-corrected chi connectivity index (χ1v) is 9.24. The van der Waals surface area contributed by atoms with E-state index in [-0.39, 0.29) is 13.2 Å². The summed E-state index contributed by atoms with van der Waals surface area (Å²) in [6, 6.07) is 13.9. The largest absolute Gasteiger partial charge is 0.491 e. The standard InChI is InChI=1S/C22H25NO7/c1-15-6-8-17(9-7-15)23-22(27)30-21(19(28-2)10-11-20(25)26)16-4-3-5-18(14-16)29-13-12-24/h3-11,14,19,21,24H,12-13H2,1-2H3,(H,23,27)(H,25,26)/b11-10+/t19-,21-/m1/s1. The van der Waals surface area contributed by atoms with E-state index < -0.39 is 24.3 Å². The molecule has 0 spiro atoms. The number of carboxylic acids is 1. The number of rotatable bonds is 10. The Labute approximate surface area is 174 Å². The SMILES string of the molecule is CO[C@H](/C=C/C(=O)O)[C@H](OC(=O)Nc1ccc(C)cc1)c1cccc(OCCO)c1. The van der Waals surface area contributed by atoms with Crippen LogP contribution in [0.5, 0.6) is 5.75 Å². The van der Waals surface area contributed by atoms with Crippen LogP contribution in [-0.4, -0.2) is 48.7 Å². The molecule has 8 nitrogen and oxygen atoms in total. The van der Waals surface area contributed by atoms with E-state index in [0.717, 1.165) is 11.6 Å². The number of aliphatic hydroxyl groups is 1. The van der Waals surface area contributed by atoms with Gasteiger partial charge in [0.05, 0.1) is 6.61 Å². The van der Waals surface area contributed by atoms with E-state index in [4.69, 9.17) is 24.4 Å². The van der Waals surface area contributed by atoms with E-state index in [1.807, 2.05) is 19.1 Å². The lowest BCUT2D eigenvalue weighted by molar-refractivity contribution is -0.131. The molecular formula is C22H25NO7. The van der Waals surface area contributed by atoms with Gasteiger partial charge in [-0.05, 0) is 42.8 Å². The van der Waals surface area contributed by atoms with Crippen LogP contribution in [0.2, 0.25) is 0 Å². The number of nitrogens with one attached hydrogen (secondary N) is 1. The number of methoxy groups -OCH3 is 1. The van der Waals surface area contributed by atoms with Gasteiger partial charge in [-0.25, -0.2) is 9.59 Å². The summed E-state index contributed by atoms with van der Waals surface area (Å²) >= 11 is 0. The summed E-state index contributed by atoms with van der Waals surface area (Å²) in [7, 11) is 1.39. The summed E-state index contributed by atoms with van der Waals surface area (Å²) in [6.07, 6.45) is -0.315. The second kappa shape index (κ2) is 11.6. The van der Waals surface area contributed by atoms with Gasteiger partial charge in [0, 0.05) is 18.9 Å². The lowest BCUT2D eigenvalue weighted by Gasteiger charge is -2.24. The zero-order valence-electron chi connectivity index (χ0n) is 16.8. The Bertz CT molecular complexity index is 864. The predicted octanol–water partition coefficient (Wildman–Crippen LogP) is 3.31. The molecule has 0 saturated heterocycles. The first-order valence-electron chi connectivity index (χ1n) is 9.24. The van der Waals surface area contributed by atoms with Crippen LogP contribution < -0.4 is 10.1 Å². The molecule has 0 aromatic heterocycles. The lowest BCUT2D eigenvalue weighted by Crippen LogP contribution is -2.27. The number of carbonyl (C=O) groups is 2. The molecule has 2 atom stereocenters. The second-order valence-corrected chi connectivity index (χ2v) is 6.36. The van der Waals surface area contributed by atoms with Crippen LogP contribution in [0.15, 0.2) is 60.7 Å². The molecule has 2 rings (SSSR count). The summed E-state index contributed by atoms with van der Waals surface area (Å²) in [6.45, 7) is 1.89. The molecule has 0 aliphatic carbocycles. The Kier molecular flexibility index (Phi) is 8.86. The highest BCUT2D eigenvalue weighted by molar-refractivity contribution is 5.84. The highest BCUT2D eigenvalue weighted by Gasteiger charge is 2.26. The van der Waals surface area contributed by atoms with E-state index in [2.05, 4.69) is 5.32 Å². The third kappa shape index (κ3) is 7.23. The average molecular weight is 415 g/mol. The molecule has 0 bridgehead atoms. The smallest absolute Gasteiger partial charge is 0.412 e. The fraction of sp³-hybridized carbons (Fsp3) is 0.273. The van der Waals surface area contributed by atoms with Crippen LogP contribution in [0.4, 0.5) is 10.5 Å². The van der Waals surface area contributed by atoms with E-state index in [0.29, 0.717) is 17.0 Å². The zero-order valence-corrected chi connectivity index (χ0v) is 16.8. The minimum Gasteiger partial charge on any atom is -0.491 e. The van der Waals surface area contributed by atoms with Crippen molar-refractivity contribution in [1.29, 1.82) is 0 Å². The minimum atomic E-state index is -1.15. The van der Waals surface area contributed by atoms with Crippen molar-refractivity contribution in [3.8, 4) is 5.75 Å². The summed E-state index contributed by atoms with van der Waals surface area (Å²) in [4.78, 5) is 23.4. The van der Waals surface area contributed by atoms with Crippen LogP contribution in [0.3, 0.4) is 0 Å². The molecule has 2 aromatic carbocycles. The van der Waals surface area contributed by atoms with Crippen LogP contribution >= 0.6 is 0 Å². The molecule has 8 heteroatoms. The van der Waals surface area contributed by atoms with Gasteiger partial charge in [-0.1, -0.05) is 29.8 Å². The normalized spacial score (nSPS) is 12.9. The number of aryl methyl sites for hydroxylation is 1.